The van der Waals surface area contributed by atoms with Crippen molar-refractivity contribution in [3.63, 3.8) is 0 Å². The topological polar surface area (TPSA) is 50.9 Å². The number of aromatic nitrogens is 3. The Kier molecular flexibility index (Phi) is 2.19. The van der Waals surface area contributed by atoms with E-state index in [0.717, 1.165) is 6.42 Å². The van der Waals surface area contributed by atoms with E-state index in [1.54, 1.807) is 18.1 Å². The maximum atomic E-state index is 10.4. The molecule has 4 heteroatoms. The highest BCUT2D eigenvalue weighted by Gasteiger charge is 2.36. The summed E-state index contributed by atoms with van der Waals surface area (Å²) in [5.41, 5.74) is -0.808. The van der Waals surface area contributed by atoms with Crippen LogP contribution >= 0.6 is 0 Å². The SMILES string of the molecule is Cn1cnc(C2(O)C=CC(C)(C)CC2)n1. The van der Waals surface area contributed by atoms with E-state index in [-0.39, 0.29) is 5.41 Å². The molecule has 0 radical (unpaired) electrons. The van der Waals surface area contributed by atoms with Crippen molar-refractivity contribution in [1.29, 1.82) is 0 Å². The van der Waals surface area contributed by atoms with Gasteiger partial charge in [0.25, 0.3) is 0 Å². The molecule has 15 heavy (non-hydrogen) atoms. The molecular formula is C11H17N3O. The zero-order valence-electron chi connectivity index (χ0n) is 9.44. The molecule has 1 atom stereocenters. The number of aliphatic hydroxyl groups is 1. The quantitative estimate of drug-likeness (QED) is 0.708. The number of hydrogen-bond acceptors (Lipinski definition) is 3. The largest absolute Gasteiger partial charge is 0.378 e. The van der Waals surface area contributed by atoms with Crippen molar-refractivity contribution in [2.24, 2.45) is 12.5 Å². The van der Waals surface area contributed by atoms with Gasteiger partial charge in [-0.1, -0.05) is 19.9 Å². The number of aryl methyl sites for hydroxylation is 1. The van der Waals surface area contributed by atoms with Gasteiger partial charge in [-0.25, -0.2) is 4.98 Å². The summed E-state index contributed by atoms with van der Waals surface area (Å²) >= 11 is 0. The Labute approximate surface area is 89.6 Å². The van der Waals surface area contributed by atoms with Crippen LogP contribution in [0.5, 0.6) is 0 Å². The molecule has 1 unspecified atom stereocenters. The fourth-order valence-corrected chi connectivity index (χ4v) is 1.77. The van der Waals surface area contributed by atoms with E-state index in [0.29, 0.717) is 12.2 Å². The molecule has 1 aliphatic carbocycles. The van der Waals surface area contributed by atoms with Gasteiger partial charge >= 0.3 is 0 Å². The minimum absolute atomic E-state index is 0.168. The minimum atomic E-state index is -0.975. The molecular weight excluding hydrogens is 190 g/mol. The Morgan fingerprint density at radius 1 is 1.33 bits per heavy atom. The van der Waals surface area contributed by atoms with Gasteiger partial charge in [0.1, 0.15) is 11.9 Å². The minimum Gasteiger partial charge on any atom is -0.378 e. The van der Waals surface area contributed by atoms with Crippen LogP contribution in [-0.2, 0) is 12.6 Å². The summed E-state index contributed by atoms with van der Waals surface area (Å²) in [4.78, 5) is 4.11. The lowest BCUT2D eigenvalue weighted by Crippen LogP contribution is -2.31. The van der Waals surface area contributed by atoms with Gasteiger partial charge < -0.3 is 5.11 Å². The van der Waals surface area contributed by atoms with E-state index in [1.165, 1.54) is 0 Å². The molecule has 0 bridgehead atoms. The highest BCUT2D eigenvalue weighted by Crippen LogP contribution is 2.38. The van der Waals surface area contributed by atoms with Crippen LogP contribution < -0.4 is 0 Å². The van der Waals surface area contributed by atoms with Crippen molar-refractivity contribution >= 4 is 0 Å². The standard InChI is InChI=1S/C11H17N3O/c1-10(2)4-6-11(15,7-5-10)9-12-8-14(3)13-9/h4,6,8,15H,5,7H2,1-3H3. The van der Waals surface area contributed by atoms with Crippen LogP contribution in [0.3, 0.4) is 0 Å². The maximum absolute atomic E-state index is 10.4. The van der Waals surface area contributed by atoms with Crippen LogP contribution in [-0.4, -0.2) is 19.9 Å². The smallest absolute Gasteiger partial charge is 0.186 e. The molecule has 82 valence electrons. The highest BCUT2D eigenvalue weighted by molar-refractivity contribution is 5.17. The summed E-state index contributed by atoms with van der Waals surface area (Å²) in [7, 11) is 1.80. The van der Waals surface area contributed by atoms with Gasteiger partial charge in [0.15, 0.2) is 5.82 Å². The molecule has 1 aromatic heterocycles. The summed E-state index contributed by atoms with van der Waals surface area (Å²) in [5.74, 6) is 0.497. The van der Waals surface area contributed by atoms with Crippen molar-refractivity contribution in [2.75, 3.05) is 0 Å². The normalized spacial score (nSPS) is 29.3. The van der Waals surface area contributed by atoms with Gasteiger partial charge in [0.05, 0.1) is 0 Å². The van der Waals surface area contributed by atoms with Crippen molar-refractivity contribution in [3.8, 4) is 0 Å². The molecule has 0 saturated carbocycles. The Hall–Kier alpha value is -1.16. The first-order chi connectivity index (χ1) is 6.91. The van der Waals surface area contributed by atoms with Crippen LogP contribution in [0, 0.1) is 5.41 Å². The van der Waals surface area contributed by atoms with E-state index in [9.17, 15) is 5.11 Å². The van der Waals surface area contributed by atoms with Crippen LogP contribution in [0.4, 0.5) is 0 Å². The Balaban J connectivity index is 2.30. The number of allylic oxidation sites excluding steroid dienone is 1. The molecule has 2 rings (SSSR count). The summed E-state index contributed by atoms with van der Waals surface area (Å²) in [6.07, 6.45) is 7.11. The second kappa shape index (κ2) is 3.17. The summed E-state index contributed by atoms with van der Waals surface area (Å²) < 4.78 is 1.61. The third kappa shape index (κ3) is 1.95. The van der Waals surface area contributed by atoms with Crippen LogP contribution in [0.25, 0.3) is 0 Å². The first kappa shape index (κ1) is 10.4. The van der Waals surface area contributed by atoms with Gasteiger partial charge in [-0.15, -0.1) is 0 Å². The molecule has 1 heterocycles. The molecule has 0 amide bonds. The Bertz CT molecular complexity index is 394. The van der Waals surface area contributed by atoms with E-state index in [4.69, 9.17) is 0 Å². The van der Waals surface area contributed by atoms with Gasteiger partial charge in [-0.3, -0.25) is 4.68 Å². The lowest BCUT2D eigenvalue weighted by Gasteiger charge is -2.32. The Morgan fingerprint density at radius 3 is 2.53 bits per heavy atom. The lowest BCUT2D eigenvalue weighted by atomic mass is 9.76. The van der Waals surface area contributed by atoms with Crippen LogP contribution in [0.15, 0.2) is 18.5 Å². The van der Waals surface area contributed by atoms with Crippen molar-refractivity contribution in [3.05, 3.63) is 24.3 Å². The zero-order chi connectivity index (χ0) is 11.1. The van der Waals surface area contributed by atoms with Gasteiger partial charge in [0.2, 0.25) is 0 Å². The van der Waals surface area contributed by atoms with Crippen LogP contribution in [0.2, 0.25) is 0 Å². The fraction of sp³-hybridized carbons (Fsp3) is 0.636. The number of hydrogen-bond donors (Lipinski definition) is 1. The predicted octanol–water partition coefficient (Wildman–Crippen LogP) is 1.38. The molecule has 0 spiro atoms. The summed E-state index contributed by atoms with van der Waals surface area (Å²) in [6.45, 7) is 4.32. The fourth-order valence-electron chi connectivity index (χ4n) is 1.77. The molecule has 1 N–H and O–H groups in total. The van der Waals surface area contributed by atoms with E-state index < -0.39 is 5.60 Å². The second-order valence-electron chi connectivity index (χ2n) is 4.99. The van der Waals surface area contributed by atoms with Gasteiger partial charge in [0, 0.05) is 7.05 Å². The Morgan fingerprint density at radius 2 is 2.07 bits per heavy atom. The van der Waals surface area contributed by atoms with Crippen molar-refractivity contribution in [1.82, 2.24) is 14.8 Å². The number of rotatable bonds is 1. The zero-order valence-corrected chi connectivity index (χ0v) is 9.44. The monoisotopic (exact) mass is 207 g/mol. The third-order valence-electron chi connectivity index (χ3n) is 2.95. The molecule has 4 nitrogen and oxygen atoms in total. The van der Waals surface area contributed by atoms with Crippen molar-refractivity contribution in [2.45, 2.75) is 32.3 Å². The summed E-state index contributed by atoms with van der Waals surface area (Å²) in [5, 5.41) is 14.5. The molecule has 0 fully saturated rings. The van der Waals surface area contributed by atoms with E-state index in [1.807, 2.05) is 12.2 Å². The van der Waals surface area contributed by atoms with E-state index >= 15 is 0 Å². The average Bonchev–Trinajstić information content (AvgIpc) is 2.59. The highest BCUT2D eigenvalue weighted by atomic mass is 16.3. The van der Waals surface area contributed by atoms with Crippen LogP contribution in [0.1, 0.15) is 32.5 Å². The lowest BCUT2D eigenvalue weighted by molar-refractivity contribution is 0.0494. The first-order valence-corrected chi connectivity index (χ1v) is 5.20. The first-order valence-electron chi connectivity index (χ1n) is 5.20. The third-order valence-corrected chi connectivity index (χ3v) is 2.95. The number of nitrogens with zero attached hydrogens (tertiary/aromatic N) is 3. The molecule has 0 aromatic carbocycles. The van der Waals surface area contributed by atoms with Gasteiger partial charge in [-0.2, -0.15) is 5.10 Å². The average molecular weight is 207 g/mol. The second-order valence-corrected chi connectivity index (χ2v) is 4.99. The predicted molar refractivity (Wildman–Crippen MR) is 57.1 cm³/mol. The molecule has 0 aliphatic heterocycles. The summed E-state index contributed by atoms with van der Waals surface area (Å²) in [6, 6.07) is 0. The molecule has 0 saturated heterocycles. The molecule has 1 aromatic rings. The van der Waals surface area contributed by atoms with Gasteiger partial charge in [-0.05, 0) is 24.3 Å². The maximum Gasteiger partial charge on any atom is 0.186 e. The van der Waals surface area contributed by atoms with E-state index in [2.05, 4.69) is 23.9 Å². The van der Waals surface area contributed by atoms with Crippen molar-refractivity contribution < 1.29 is 5.11 Å². The molecule has 1 aliphatic rings.